The number of rotatable bonds is 3. The summed E-state index contributed by atoms with van der Waals surface area (Å²) < 4.78 is 26.8. The molecule has 1 saturated carbocycles. The van der Waals surface area contributed by atoms with Gasteiger partial charge >= 0.3 is 0 Å². The Kier molecular flexibility index (Phi) is 3.30. The highest BCUT2D eigenvalue weighted by atomic mass is 19.1. The van der Waals surface area contributed by atoms with Gasteiger partial charge in [0.15, 0.2) is 0 Å². The lowest BCUT2D eigenvalue weighted by Crippen LogP contribution is -2.46. The second-order valence-corrected chi connectivity index (χ2v) is 5.66. The Bertz CT molecular complexity index is 583. The Morgan fingerprint density at radius 1 is 1.00 bits per heavy atom. The zero-order chi connectivity index (χ0) is 14.2. The minimum atomic E-state index is -0.531. The van der Waals surface area contributed by atoms with Gasteiger partial charge in [-0.1, -0.05) is 30.3 Å². The summed E-state index contributed by atoms with van der Waals surface area (Å²) >= 11 is 0. The minimum Gasteiger partial charge on any atom is -0.330 e. The first kappa shape index (κ1) is 13.3. The molecule has 0 saturated heterocycles. The molecule has 1 fully saturated rings. The van der Waals surface area contributed by atoms with Crippen LogP contribution in [0.15, 0.2) is 48.5 Å². The molecule has 0 unspecified atom stereocenters. The summed E-state index contributed by atoms with van der Waals surface area (Å²) in [5, 5.41) is 0. The summed E-state index contributed by atoms with van der Waals surface area (Å²) in [6.45, 7) is 0.416. The van der Waals surface area contributed by atoms with Gasteiger partial charge in [-0.3, -0.25) is 0 Å². The Morgan fingerprint density at radius 2 is 1.60 bits per heavy atom. The summed E-state index contributed by atoms with van der Waals surface area (Å²) in [6, 6.07) is 13.9. The summed E-state index contributed by atoms with van der Waals surface area (Å²) in [5.74, 6) is -0.641. The van der Waals surface area contributed by atoms with Gasteiger partial charge in [-0.25, -0.2) is 8.78 Å². The summed E-state index contributed by atoms with van der Waals surface area (Å²) in [5.41, 5.74) is 7.56. The van der Waals surface area contributed by atoms with Crippen LogP contribution in [0.1, 0.15) is 29.9 Å². The quantitative estimate of drug-likeness (QED) is 0.905. The summed E-state index contributed by atoms with van der Waals surface area (Å²) in [6.07, 6.45) is 1.69. The van der Waals surface area contributed by atoms with E-state index in [2.05, 4.69) is 12.1 Å². The Balaban J connectivity index is 1.85. The zero-order valence-electron chi connectivity index (χ0n) is 11.2. The van der Waals surface area contributed by atoms with Gasteiger partial charge in [0.1, 0.15) is 11.6 Å². The molecule has 104 valence electrons. The third kappa shape index (κ3) is 2.22. The molecule has 0 bridgehead atoms. The minimum absolute atomic E-state index is 0.288. The fourth-order valence-electron chi connectivity index (χ4n) is 3.22. The van der Waals surface area contributed by atoms with Crippen molar-refractivity contribution >= 4 is 0 Å². The molecule has 0 radical (unpaired) electrons. The van der Waals surface area contributed by atoms with Crippen molar-refractivity contribution < 1.29 is 8.78 Å². The maximum absolute atomic E-state index is 13.4. The van der Waals surface area contributed by atoms with E-state index in [1.165, 1.54) is 17.7 Å². The molecule has 20 heavy (non-hydrogen) atoms. The van der Waals surface area contributed by atoms with Crippen LogP contribution < -0.4 is 5.73 Å². The lowest BCUT2D eigenvalue weighted by Gasteiger charge is -2.48. The van der Waals surface area contributed by atoms with Crippen molar-refractivity contribution in [3.63, 3.8) is 0 Å². The van der Waals surface area contributed by atoms with Crippen LogP contribution in [0.2, 0.25) is 0 Å². The van der Waals surface area contributed by atoms with E-state index in [0.29, 0.717) is 18.0 Å². The Hall–Kier alpha value is -1.74. The molecule has 2 aromatic carbocycles. The molecule has 1 aliphatic rings. The van der Waals surface area contributed by atoms with E-state index >= 15 is 0 Å². The first-order valence-electron chi connectivity index (χ1n) is 6.84. The van der Waals surface area contributed by atoms with Crippen molar-refractivity contribution in [2.24, 2.45) is 5.73 Å². The van der Waals surface area contributed by atoms with Crippen LogP contribution in [0.4, 0.5) is 8.78 Å². The third-order valence-electron chi connectivity index (χ3n) is 4.41. The lowest BCUT2D eigenvalue weighted by molar-refractivity contribution is 0.208. The Morgan fingerprint density at radius 3 is 2.15 bits per heavy atom. The predicted octanol–water partition coefficient (Wildman–Crippen LogP) is 3.74. The third-order valence-corrected chi connectivity index (χ3v) is 4.41. The van der Waals surface area contributed by atoms with Crippen molar-refractivity contribution in [2.45, 2.75) is 24.2 Å². The molecule has 0 amide bonds. The smallest absolute Gasteiger partial charge is 0.126 e. The molecule has 0 spiro atoms. The molecule has 3 heteroatoms. The number of benzene rings is 2. The van der Waals surface area contributed by atoms with Gasteiger partial charge in [0.2, 0.25) is 0 Å². The highest BCUT2D eigenvalue weighted by molar-refractivity contribution is 5.35. The summed E-state index contributed by atoms with van der Waals surface area (Å²) in [7, 11) is 0. The number of hydrogen-bond acceptors (Lipinski definition) is 1. The molecule has 0 aliphatic heterocycles. The SMILES string of the molecule is NCC1(c2cc(F)cc(F)c2)CC(c2ccccc2)C1. The van der Waals surface area contributed by atoms with Crippen LogP contribution in [0.3, 0.4) is 0 Å². The summed E-state index contributed by atoms with van der Waals surface area (Å²) in [4.78, 5) is 0. The van der Waals surface area contributed by atoms with E-state index < -0.39 is 11.6 Å². The monoisotopic (exact) mass is 273 g/mol. The second kappa shape index (κ2) is 4.98. The van der Waals surface area contributed by atoms with Crippen LogP contribution in [0, 0.1) is 11.6 Å². The van der Waals surface area contributed by atoms with Gasteiger partial charge in [0, 0.05) is 18.0 Å². The molecule has 1 aliphatic carbocycles. The standard InChI is InChI=1S/C17H17F2N/c18-15-6-14(7-16(19)8-15)17(11-20)9-13(10-17)12-4-2-1-3-5-12/h1-8,13H,9-11,20H2. The van der Waals surface area contributed by atoms with Gasteiger partial charge < -0.3 is 5.73 Å². The first-order valence-corrected chi connectivity index (χ1v) is 6.84. The molecule has 3 rings (SSSR count). The first-order chi connectivity index (χ1) is 9.63. The number of nitrogens with two attached hydrogens (primary N) is 1. The molecule has 2 aromatic rings. The normalized spacial score (nSPS) is 25.2. The second-order valence-electron chi connectivity index (χ2n) is 5.66. The van der Waals surface area contributed by atoms with E-state index in [-0.39, 0.29) is 5.41 Å². The van der Waals surface area contributed by atoms with Crippen LogP contribution in [-0.2, 0) is 5.41 Å². The van der Waals surface area contributed by atoms with Crippen molar-refractivity contribution in [2.75, 3.05) is 6.54 Å². The highest BCUT2D eigenvalue weighted by Crippen LogP contribution is 2.52. The maximum Gasteiger partial charge on any atom is 0.126 e. The van der Waals surface area contributed by atoms with Gasteiger partial charge in [0.05, 0.1) is 0 Å². The van der Waals surface area contributed by atoms with Crippen LogP contribution in [0.25, 0.3) is 0 Å². The van der Waals surface area contributed by atoms with Crippen molar-refractivity contribution in [3.8, 4) is 0 Å². The molecule has 0 heterocycles. The fourth-order valence-corrected chi connectivity index (χ4v) is 3.22. The lowest BCUT2D eigenvalue weighted by atomic mass is 9.57. The van der Waals surface area contributed by atoms with Gasteiger partial charge in [-0.15, -0.1) is 0 Å². The Labute approximate surface area is 117 Å². The number of hydrogen-bond donors (Lipinski definition) is 1. The van der Waals surface area contributed by atoms with Crippen molar-refractivity contribution in [3.05, 3.63) is 71.3 Å². The molecular weight excluding hydrogens is 256 g/mol. The van der Waals surface area contributed by atoms with Crippen molar-refractivity contribution in [1.29, 1.82) is 0 Å². The molecule has 0 aromatic heterocycles. The van der Waals surface area contributed by atoms with E-state index in [1.54, 1.807) is 0 Å². The van der Waals surface area contributed by atoms with Crippen LogP contribution in [-0.4, -0.2) is 6.54 Å². The molecule has 0 atom stereocenters. The maximum atomic E-state index is 13.4. The van der Waals surface area contributed by atoms with Gasteiger partial charge in [-0.2, -0.15) is 0 Å². The average Bonchev–Trinajstić information content (AvgIpc) is 2.38. The fraction of sp³-hybridized carbons (Fsp3) is 0.294. The average molecular weight is 273 g/mol. The van der Waals surface area contributed by atoms with Crippen LogP contribution >= 0.6 is 0 Å². The van der Waals surface area contributed by atoms with E-state index in [4.69, 9.17) is 5.73 Å². The highest BCUT2D eigenvalue weighted by Gasteiger charge is 2.45. The topological polar surface area (TPSA) is 26.0 Å². The number of halogens is 2. The largest absolute Gasteiger partial charge is 0.330 e. The predicted molar refractivity (Wildman–Crippen MR) is 75.5 cm³/mol. The van der Waals surface area contributed by atoms with E-state index in [0.717, 1.165) is 18.9 Å². The molecular formula is C17H17F2N. The van der Waals surface area contributed by atoms with Crippen LogP contribution in [0.5, 0.6) is 0 Å². The zero-order valence-corrected chi connectivity index (χ0v) is 11.2. The molecule has 1 nitrogen and oxygen atoms in total. The van der Waals surface area contributed by atoms with Gasteiger partial charge in [-0.05, 0) is 42.0 Å². The van der Waals surface area contributed by atoms with E-state index in [1.807, 2.05) is 18.2 Å². The van der Waals surface area contributed by atoms with Crippen molar-refractivity contribution in [1.82, 2.24) is 0 Å². The molecule has 2 N–H and O–H groups in total. The van der Waals surface area contributed by atoms with Gasteiger partial charge in [0.25, 0.3) is 0 Å². The van der Waals surface area contributed by atoms with E-state index in [9.17, 15) is 8.78 Å².